The summed E-state index contributed by atoms with van der Waals surface area (Å²) in [5.74, 6) is 0.596. The lowest BCUT2D eigenvalue weighted by atomic mass is 9.78. The van der Waals surface area contributed by atoms with Crippen LogP contribution in [0.15, 0.2) is 24.3 Å². The van der Waals surface area contributed by atoms with Crippen LogP contribution in [-0.2, 0) is 0 Å². The van der Waals surface area contributed by atoms with Gasteiger partial charge < -0.3 is 5.73 Å². The maximum atomic E-state index is 13.5. The van der Waals surface area contributed by atoms with Gasteiger partial charge in [0.25, 0.3) is 0 Å². The summed E-state index contributed by atoms with van der Waals surface area (Å²) < 4.78 is 13.5. The Balaban J connectivity index is 2.11. The van der Waals surface area contributed by atoms with Gasteiger partial charge in [0.2, 0.25) is 0 Å². The van der Waals surface area contributed by atoms with E-state index < -0.39 is 0 Å². The Hall–Kier alpha value is -1.84. The van der Waals surface area contributed by atoms with Crippen LogP contribution < -0.4 is 5.73 Å². The summed E-state index contributed by atoms with van der Waals surface area (Å²) in [6.45, 7) is 4.55. The van der Waals surface area contributed by atoms with E-state index in [1.807, 2.05) is 6.07 Å². The molecule has 0 radical (unpaired) electrons. The second-order valence-corrected chi connectivity index (χ2v) is 6.34. The number of benzene rings is 1. The van der Waals surface area contributed by atoms with Gasteiger partial charge in [-0.1, -0.05) is 32.4 Å². The smallest absolute Gasteiger partial charge is 0.153 e. The Morgan fingerprint density at radius 1 is 1.40 bits per heavy atom. The molecule has 3 nitrogen and oxygen atoms in total. The summed E-state index contributed by atoms with van der Waals surface area (Å²) in [6.07, 6.45) is 3.52. The van der Waals surface area contributed by atoms with Crippen LogP contribution in [0.25, 0.3) is 11.1 Å². The molecule has 106 valence electrons. The lowest BCUT2D eigenvalue weighted by Crippen LogP contribution is -2.16. The molecule has 0 amide bonds. The summed E-state index contributed by atoms with van der Waals surface area (Å²) in [5, 5.41) is 7.26. The maximum absolute atomic E-state index is 13.5. The number of nitrogen functional groups attached to an aromatic ring is 1. The summed E-state index contributed by atoms with van der Waals surface area (Å²) in [7, 11) is 0. The maximum Gasteiger partial charge on any atom is 0.153 e. The predicted molar refractivity (Wildman–Crippen MR) is 78.8 cm³/mol. The quantitative estimate of drug-likeness (QED) is 0.865. The molecule has 20 heavy (non-hydrogen) atoms. The first-order valence-electron chi connectivity index (χ1n) is 7.09. The Bertz CT molecular complexity index is 630. The number of hydrogen-bond acceptors (Lipinski definition) is 2. The van der Waals surface area contributed by atoms with Crippen molar-refractivity contribution in [2.75, 3.05) is 5.73 Å². The van der Waals surface area contributed by atoms with Crippen LogP contribution in [0.4, 0.5) is 10.2 Å². The van der Waals surface area contributed by atoms with Gasteiger partial charge in [0.1, 0.15) is 5.82 Å². The number of halogens is 1. The zero-order chi connectivity index (χ0) is 14.3. The van der Waals surface area contributed by atoms with Crippen molar-refractivity contribution >= 4 is 5.82 Å². The average molecular weight is 273 g/mol. The van der Waals surface area contributed by atoms with Gasteiger partial charge in [-0.25, -0.2) is 4.39 Å². The van der Waals surface area contributed by atoms with E-state index in [1.54, 1.807) is 6.07 Å². The summed E-state index contributed by atoms with van der Waals surface area (Å²) in [5.41, 5.74) is 8.95. The van der Waals surface area contributed by atoms with Gasteiger partial charge in [-0.15, -0.1) is 0 Å². The SMILES string of the molecule is CC1(C)CCCC1c1[nH]nc(N)c1-c1cccc(F)c1. The zero-order valence-electron chi connectivity index (χ0n) is 11.9. The van der Waals surface area contributed by atoms with Crippen molar-refractivity contribution in [1.29, 1.82) is 0 Å². The molecule has 3 rings (SSSR count). The highest BCUT2D eigenvalue weighted by Gasteiger charge is 2.38. The minimum Gasteiger partial charge on any atom is -0.382 e. The van der Waals surface area contributed by atoms with Crippen molar-refractivity contribution in [2.24, 2.45) is 5.41 Å². The largest absolute Gasteiger partial charge is 0.382 e. The minimum absolute atomic E-state index is 0.223. The molecule has 0 saturated heterocycles. The Morgan fingerprint density at radius 3 is 2.85 bits per heavy atom. The second kappa shape index (κ2) is 4.62. The first-order valence-corrected chi connectivity index (χ1v) is 7.09. The number of nitrogens with zero attached hydrogens (tertiary/aromatic N) is 1. The number of rotatable bonds is 2. The van der Waals surface area contributed by atoms with Gasteiger partial charge in [-0.05, 0) is 36.0 Å². The predicted octanol–water partition coefficient (Wildman–Crippen LogP) is 4.09. The van der Waals surface area contributed by atoms with Crippen LogP contribution in [0.3, 0.4) is 0 Å². The van der Waals surface area contributed by atoms with Crippen LogP contribution in [0.2, 0.25) is 0 Å². The molecule has 1 fully saturated rings. The van der Waals surface area contributed by atoms with Gasteiger partial charge in [-0.2, -0.15) is 5.10 Å². The minimum atomic E-state index is -0.250. The van der Waals surface area contributed by atoms with Gasteiger partial charge in [0.05, 0.1) is 0 Å². The van der Waals surface area contributed by atoms with E-state index in [0.717, 1.165) is 23.2 Å². The van der Waals surface area contributed by atoms with Crippen LogP contribution in [-0.4, -0.2) is 10.2 Å². The molecule has 0 bridgehead atoms. The highest BCUT2D eigenvalue weighted by molar-refractivity contribution is 5.76. The topological polar surface area (TPSA) is 54.7 Å². The molecule has 0 aliphatic heterocycles. The standard InChI is InChI=1S/C16H20FN3/c1-16(2)8-4-7-12(16)14-13(15(18)20-19-14)10-5-3-6-11(17)9-10/h3,5-6,9,12H,4,7-8H2,1-2H3,(H3,18,19,20). The molecule has 1 aliphatic carbocycles. The molecule has 1 atom stereocenters. The van der Waals surface area contributed by atoms with Crippen molar-refractivity contribution in [3.63, 3.8) is 0 Å². The lowest BCUT2D eigenvalue weighted by Gasteiger charge is -2.27. The molecule has 0 spiro atoms. The number of nitrogens with one attached hydrogen (secondary N) is 1. The third-order valence-corrected chi connectivity index (χ3v) is 4.54. The average Bonchev–Trinajstić information content (AvgIpc) is 2.91. The molecule has 3 N–H and O–H groups in total. The Kier molecular flexibility index (Phi) is 3.04. The molecule has 2 aromatic rings. The first-order chi connectivity index (χ1) is 9.49. The van der Waals surface area contributed by atoms with E-state index >= 15 is 0 Å². The number of nitrogens with two attached hydrogens (primary N) is 1. The molecular weight excluding hydrogens is 253 g/mol. The molecule has 1 aromatic heterocycles. The molecule has 1 aromatic carbocycles. The molecule has 1 aliphatic rings. The normalized spacial score (nSPS) is 21.2. The van der Waals surface area contributed by atoms with E-state index in [9.17, 15) is 4.39 Å². The zero-order valence-corrected chi connectivity index (χ0v) is 11.9. The van der Waals surface area contributed by atoms with E-state index in [-0.39, 0.29) is 11.2 Å². The van der Waals surface area contributed by atoms with Crippen LogP contribution in [0.1, 0.15) is 44.7 Å². The van der Waals surface area contributed by atoms with Crippen molar-refractivity contribution in [3.8, 4) is 11.1 Å². The van der Waals surface area contributed by atoms with Gasteiger partial charge in [0, 0.05) is 17.2 Å². The highest BCUT2D eigenvalue weighted by atomic mass is 19.1. The van der Waals surface area contributed by atoms with Crippen molar-refractivity contribution in [3.05, 3.63) is 35.8 Å². The summed E-state index contributed by atoms with van der Waals surface area (Å²) >= 11 is 0. The fourth-order valence-electron chi connectivity index (χ4n) is 3.43. The second-order valence-electron chi connectivity index (χ2n) is 6.34. The third kappa shape index (κ3) is 2.09. The van der Waals surface area contributed by atoms with Gasteiger partial charge in [0.15, 0.2) is 5.82 Å². The van der Waals surface area contributed by atoms with E-state index in [1.165, 1.54) is 25.0 Å². The van der Waals surface area contributed by atoms with E-state index in [4.69, 9.17) is 5.73 Å². The molecule has 4 heteroatoms. The fourth-order valence-corrected chi connectivity index (χ4v) is 3.43. The monoisotopic (exact) mass is 273 g/mol. The number of anilines is 1. The van der Waals surface area contributed by atoms with Crippen LogP contribution in [0.5, 0.6) is 0 Å². The molecule has 1 heterocycles. The highest BCUT2D eigenvalue weighted by Crippen LogP contribution is 2.51. The number of hydrogen-bond donors (Lipinski definition) is 2. The number of H-pyrrole nitrogens is 1. The van der Waals surface area contributed by atoms with E-state index in [0.29, 0.717) is 11.7 Å². The van der Waals surface area contributed by atoms with Crippen molar-refractivity contribution < 1.29 is 4.39 Å². The molecule has 1 saturated carbocycles. The Labute approximate surface area is 118 Å². The summed E-state index contributed by atoms with van der Waals surface area (Å²) in [4.78, 5) is 0. The lowest BCUT2D eigenvalue weighted by molar-refractivity contribution is 0.328. The van der Waals surface area contributed by atoms with Crippen molar-refractivity contribution in [2.45, 2.75) is 39.0 Å². The third-order valence-electron chi connectivity index (χ3n) is 4.54. The van der Waals surface area contributed by atoms with Crippen molar-refractivity contribution in [1.82, 2.24) is 10.2 Å². The molecule has 1 unspecified atom stereocenters. The van der Waals surface area contributed by atoms with Crippen LogP contribution >= 0.6 is 0 Å². The van der Waals surface area contributed by atoms with Crippen LogP contribution in [0, 0.1) is 11.2 Å². The summed E-state index contributed by atoms with van der Waals surface area (Å²) in [6, 6.07) is 6.56. The Morgan fingerprint density at radius 2 is 2.20 bits per heavy atom. The number of aromatic nitrogens is 2. The van der Waals surface area contributed by atoms with Gasteiger partial charge >= 0.3 is 0 Å². The molecular formula is C16H20FN3. The van der Waals surface area contributed by atoms with E-state index in [2.05, 4.69) is 24.0 Å². The first kappa shape index (κ1) is 13.2. The number of aromatic amines is 1. The fraction of sp³-hybridized carbons (Fsp3) is 0.438. The van der Waals surface area contributed by atoms with Gasteiger partial charge in [-0.3, -0.25) is 5.10 Å².